The maximum Gasteiger partial charge on any atom is 0.278 e. The Morgan fingerprint density at radius 2 is 1.65 bits per heavy atom. The number of ketones is 1. The molecule has 5 rings (SSSR count). The molecular weight excluding hydrogens is 324 g/mol. The van der Waals surface area contributed by atoms with Gasteiger partial charge in [-0.25, -0.2) is 0 Å². The Kier molecular flexibility index (Phi) is 3.15. The van der Waals surface area contributed by atoms with Gasteiger partial charge < -0.3 is 9.47 Å². The molecule has 0 fully saturated rings. The van der Waals surface area contributed by atoms with Gasteiger partial charge in [-0.05, 0) is 11.5 Å². The van der Waals surface area contributed by atoms with Crippen LogP contribution in [0.5, 0.6) is 5.75 Å². The van der Waals surface area contributed by atoms with Gasteiger partial charge in [0.15, 0.2) is 5.78 Å². The number of Topliss-reactive ketones (excluding diaryl/α,β-unsaturated/α-hetero) is 1. The molecule has 0 saturated heterocycles. The van der Waals surface area contributed by atoms with E-state index in [1.807, 2.05) is 48.5 Å². The Balaban J connectivity index is 1.73. The fourth-order valence-electron chi connectivity index (χ4n) is 4.66. The third kappa shape index (κ3) is 2.23. The van der Waals surface area contributed by atoms with E-state index in [2.05, 4.69) is 19.9 Å². The molecule has 3 aliphatic rings. The number of fused-ring (bicyclic) bond motifs is 5. The van der Waals surface area contributed by atoms with Crippen molar-refractivity contribution >= 4 is 5.78 Å². The van der Waals surface area contributed by atoms with Crippen molar-refractivity contribution < 1.29 is 14.3 Å². The van der Waals surface area contributed by atoms with Crippen molar-refractivity contribution in [3.05, 3.63) is 77.1 Å². The topological polar surface area (TPSA) is 35.5 Å². The number of allylic oxidation sites excluding steroid dienone is 2. The van der Waals surface area contributed by atoms with Crippen molar-refractivity contribution in [2.75, 3.05) is 0 Å². The molecule has 132 valence electrons. The van der Waals surface area contributed by atoms with E-state index in [1.165, 1.54) is 0 Å². The standard InChI is InChI=1S/C23H22O3/c1-22(2)13-18(24)21-17-12-23(26-20(21)14-22,15-8-4-3-5-9-15)25-19-11-7-6-10-16(17)19/h3-11,17H,12-14H2,1-2H3/t17-,23-/m0/s1. The molecule has 0 radical (unpaired) electrons. The predicted octanol–water partition coefficient (Wildman–Crippen LogP) is 5.08. The highest BCUT2D eigenvalue weighted by atomic mass is 16.7. The number of para-hydroxylation sites is 1. The molecule has 2 bridgehead atoms. The maximum absolute atomic E-state index is 13.0. The van der Waals surface area contributed by atoms with Crippen LogP contribution in [0, 0.1) is 5.41 Å². The normalized spacial score (nSPS) is 28.5. The van der Waals surface area contributed by atoms with E-state index in [1.54, 1.807) is 0 Å². The molecule has 0 amide bonds. The molecule has 0 aromatic heterocycles. The summed E-state index contributed by atoms with van der Waals surface area (Å²) in [4.78, 5) is 13.0. The second-order valence-electron chi connectivity index (χ2n) is 8.40. The van der Waals surface area contributed by atoms with E-state index in [9.17, 15) is 4.79 Å². The van der Waals surface area contributed by atoms with Gasteiger partial charge in [0, 0.05) is 41.9 Å². The Bertz CT molecular complexity index is 925. The monoisotopic (exact) mass is 346 g/mol. The number of rotatable bonds is 1. The smallest absolute Gasteiger partial charge is 0.278 e. The average molecular weight is 346 g/mol. The lowest BCUT2D eigenvalue weighted by Crippen LogP contribution is -2.47. The largest absolute Gasteiger partial charge is 0.452 e. The molecule has 26 heavy (non-hydrogen) atoms. The molecule has 0 spiro atoms. The summed E-state index contributed by atoms with van der Waals surface area (Å²) in [7, 11) is 0. The average Bonchev–Trinajstić information content (AvgIpc) is 2.61. The van der Waals surface area contributed by atoms with E-state index in [4.69, 9.17) is 9.47 Å². The maximum atomic E-state index is 13.0. The summed E-state index contributed by atoms with van der Waals surface area (Å²) in [5, 5.41) is 0. The number of hydrogen-bond donors (Lipinski definition) is 0. The second kappa shape index (κ2) is 5.23. The quantitative estimate of drug-likeness (QED) is 0.722. The number of carbonyl (C=O) groups is 1. The van der Waals surface area contributed by atoms with Crippen molar-refractivity contribution in [2.24, 2.45) is 5.41 Å². The molecule has 0 N–H and O–H groups in total. The third-order valence-electron chi connectivity index (χ3n) is 5.77. The lowest BCUT2D eigenvalue weighted by Gasteiger charge is -2.49. The fraction of sp³-hybridized carbons (Fsp3) is 0.348. The molecule has 2 aromatic carbocycles. The van der Waals surface area contributed by atoms with Crippen LogP contribution in [-0.2, 0) is 15.3 Å². The molecule has 1 aliphatic carbocycles. The van der Waals surface area contributed by atoms with Crippen molar-refractivity contribution in [2.45, 2.75) is 44.8 Å². The van der Waals surface area contributed by atoms with Gasteiger partial charge in [0.1, 0.15) is 11.5 Å². The van der Waals surface area contributed by atoms with Gasteiger partial charge in [0.2, 0.25) is 0 Å². The van der Waals surface area contributed by atoms with Crippen molar-refractivity contribution in [1.82, 2.24) is 0 Å². The minimum atomic E-state index is -0.854. The molecule has 0 saturated carbocycles. The Morgan fingerprint density at radius 1 is 0.923 bits per heavy atom. The van der Waals surface area contributed by atoms with Crippen LogP contribution in [0.4, 0.5) is 0 Å². The summed E-state index contributed by atoms with van der Waals surface area (Å²) in [6.45, 7) is 4.26. The summed E-state index contributed by atoms with van der Waals surface area (Å²) < 4.78 is 13.0. The zero-order valence-corrected chi connectivity index (χ0v) is 15.1. The van der Waals surface area contributed by atoms with Gasteiger partial charge in [0.05, 0.1) is 0 Å². The zero-order valence-electron chi connectivity index (χ0n) is 15.1. The van der Waals surface area contributed by atoms with E-state index >= 15 is 0 Å². The first-order valence-electron chi connectivity index (χ1n) is 9.26. The minimum Gasteiger partial charge on any atom is -0.452 e. The van der Waals surface area contributed by atoms with Crippen LogP contribution in [0.1, 0.15) is 50.2 Å². The molecule has 3 nitrogen and oxygen atoms in total. The van der Waals surface area contributed by atoms with Gasteiger partial charge in [0.25, 0.3) is 5.79 Å². The number of carbonyl (C=O) groups excluding carboxylic acids is 1. The highest BCUT2D eigenvalue weighted by molar-refractivity contribution is 5.99. The van der Waals surface area contributed by atoms with Gasteiger partial charge >= 0.3 is 0 Å². The van der Waals surface area contributed by atoms with Crippen LogP contribution in [0.3, 0.4) is 0 Å². The minimum absolute atomic E-state index is 0.0347. The number of benzene rings is 2. The first kappa shape index (κ1) is 15.7. The van der Waals surface area contributed by atoms with Crippen LogP contribution in [0.15, 0.2) is 65.9 Å². The molecule has 2 heterocycles. The number of hydrogen-bond acceptors (Lipinski definition) is 3. The van der Waals surface area contributed by atoms with Crippen molar-refractivity contribution in [3.8, 4) is 5.75 Å². The predicted molar refractivity (Wildman–Crippen MR) is 98.7 cm³/mol. The Morgan fingerprint density at radius 3 is 2.46 bits per heavy atom. The first-order valence-corrected chi connectivity index (χ1v) is 9.26. The van der Waals surface area contributed by atoms with Crippen LogP contribution < -0.4 is 4.74 Å². The van der Waals surface area contributed by atoms with E-state index in [0.29, 0.717) is 12.8 Å². The van der Waals surface area contributed by atoms with E-state index < -0.39 is 5.79 Å². The third-order valence-corrected chi connectivity index (χ3v) is 5.77. The van der Waals surface area contributed by atoms with Crippen LogP contribution in [-0.4, -0.2) is 5.78 Å². The Hall–Kier alpha value is -2.55. The lowest BCUT2D eigenvalue weighted by molar-refractivity contribution is -0.195. The molecule has 2 aliphatic heterocycles. The Labute approximate surface area is 153 Å². The SMILES string of the molecule is CC1(C)CC(=O)C2=C(C1)O[C@]1(c3ccccc3)C[C@H]2c2ccccc2O1. The lowest BCUT2D eigenvalue weighted by atomic mass is 9.68. The molecule has 3 heteroatoms. The van der Waals surface area contributed by atoms with Crippen LogP contribution in [0.25, 0.3) is 0 Å². The zero-order chi connectivity index (χ0) is 17.9. The summed E-state index contributed by atoms with van der Waals surface area (Å²) in [5.74, 6) is 1.04. The molecule has 0 unspecified atom stereocenters. The van der Waals surface area contributed by atoms with Gasteiger partial charge in [-0.3, -0.25) is 4.79 Å². The van der Waals surface area contributed by atoms with Gasteiger partial charge in [-0.2, -0.15) is 0 Å². The summed E-state index contributed by atoms with van der Waals surface area (Å²) in [6, 6.07) is 18.2. The summed E-state index contributed by atoms with van der Waals surface area (Å²) in [5.41, 5.74) is 2.88. The van der Waals surface area contributed by atoms with E-state index in [0.717, 1.165) is 34.6 Å². The van der Waals surface area contributed by atoms with E-state index in [-0.39, 0.29) is 17.1 Å². The molecule has 2 aromatic rings. The van der Waals surface area contributed by atoms with Crippen molar-refractivity contribution in [1.29, 1.82) is 0 Å². The van der Waals surface area contributed by atoms with Gasteiger partial charge in [-0.1, -0.05) is 62.4 Å². The van der Waals surface area contributed by atoms with Crippen molar-refractivity contribution in [3.63, 3.8) is 0 Å². The summed E-state index contributed by atoms with van der Waals surface area (Å²) >= 11 is 0. The van der Waals surface area contributed by atoms with Crippen LogP contribution >= 0.6 is 0 Å². The van der Waals surface area contributed by atoms with Gasteiger partial charge in [-0.15, -0.1) is 0 Å². The molecular formula is C23H22O3. The highest BCUT2D eigenvalue weighted by Crippen LogP contribution is 2.57. The fourth-order valence-corrected chi connectivity index (χ4v) is 4.66. The second-order valence-corrected chi connectivity index (χ2v) is 8.40. The summed E-state index contributed by atoms with van der Waals surface area (Å²) in [6.07, 6.45) is 1.98. The highest BCUT2D eigenvalue weighted by Gasteiger charge is 2.53. The van der Waals surface area contributed by atoms with Crippen LogP contribution in [0.2, 0.25) is 0 Å². The molecule has 2 atom stereocenters. The number of ether oxygens (including phenoxy) is 2. The first-order chi connectivity index (χ1) is 12.5.